The topological polar surface area (TPSA) is 145 Å². The van der Waals surface area contributed by atoms with Crippen LogP contribution in [-0.2, 0) is 0 Å². The highest BCUT2D eigenvalue weighted by Gasteiger charge is 2.14. The van der Waals surface area contributed by atoms with Crippen LogP contribution in [0.5, 0.6) is 0 Å². The molecule has 19 heavy (non-hydrogen) atoms. The molecule has 0 aliphatic carbocycles. The third kappa shape index (κ3) is 9.62. The van der Waals surface area contributed by atoms with Crippen LogP contribution in [0.15, 0.2) is 0 Å². The lowest BCUT2D eigenvalue weighted by Crippen LogP contribution is -2.40. The van der Waals surface area contributed by atoms with E-state index in [2.05, 4.69) is 5.32 Å². The first-order chi connectivity index (χ1) is 9.01. The molecule has 0 aliphatic rings. The van der Waals surface area contributed by atoms with E-state index in [1.54, 1.807) is 0 Å². The van der Waals surface area contributed by atoms with Crippen molar-refractivity contribution in [3.63, 3.8) is 0 Å². The largest absolute Gasteiger partial charge is 0.465 e. The smallest absolute Gasteiger partial charge is 0.407 e. The Bertz CT molecular complexity index is 243. The zero-order chi connectivity index (χ0) is 14.7. The van der Waals surface area contributed by atoms with Gasteiger partial charge in [0.1, 0.15) is 0 Å². The second kappa shape index (κ2) is 10.9. The number of carbonyl (C=O) groups is 1. The molecule has 0 aromatic carbocycles. The van der Waals surface area contributed by atoms with Gasteiger partial charge in [-0.05, 0) is 19.4 Å². The number of hydrogen-bond donors (Lipinski definition) is 6. The number of aliphatic hydroxyl groups excluding tert-OH is 2. The Balaban J connectivity index is 3.67. The zero-order valence-corrected chi connectivity index (χ0v) is 11.2. The summed E-state index contributed by atoms with van der Waals surface area (Å²) >= 11 is 0. The van der Waals surface area contributed by atoms with Gasteiger partial charge in [0.05, 0.1) is 18.8 Å². The highest BCUT2D eigenvalue weighted by atomic mass is 16.4. The maximum absolute atomic E-state index is 10.9. The van der Waals surface area contributed by atoms with E-state index >= 15 is 0 Å². The van der Waals surface area contributed by atoms with E-state index in [1.807, 2.05) is 0 Å². The second-order valence-electron chi connectivity index (χ2n) is 4.42. The number of nitrogens with one attached hydrogen (secondary N) is 1. The molecular weight excluding hydrogens is 252 g/mol. The van der Waals surface area contributed by atoms with Gasteiger partial charge in [-0.1, -0.05) is 0 Å². The molecule has 0 heterocycles. The second-order valence-corrected chi connectivity index (χ2v) is 4.42. The lowest BCUT2D eigenvalue weighted by Gasteiger charge is -2.21. The fraction of sp³-hybridized carbons (Fsp3) is 0.909. The van der Waals surface area contributed by atoms with E-state index in [4.69, 9.17) is 16.6 Å². The van der Waals surface area contributed by atoms with Gasteiger partial charge >= 0.3 is 6.09 Å². The summed E-state index contributed by atoms with van der Waals surface area (Å²) in [5.74, 6) is 0. The molecular formula is C11H26N4O4. The summed E-state index contributed by atoms with van der Waals surface area (Å²) in [5.41, 5.74) is 10.5. The van der Waals surface area contributed by atoms with Crippen LogP contribution < -0.4 is 16.8 Å². The minimum Gasteiger partial charge on any atom is -0.465 e. The number of nitrogens with zero attached hydrogens (tertiary/aromatic N) is 1. The molecule has 8 N–H and O–H groups in total. The third-order valence-electron chi connectivity index (χ3n) is 2.66. The van der Waals surface area contributed by atoms with Crippen molar-refractivity contribution in [2.24, 2.45) is 11.5 Å². The van der Waals surface area contributed by atoms with E-state index in [1.165, 1.54) is 0 Å². The molecule has 8 heteroatoms. The molecule has 0 spiro atoms. The van der Waals surface area contributed by atoms with Crippen molar-refractivity contribution in [3.8, 4) is 0 Å². The molecule has 2 unspecified atom stereocenters. The summed E-state index contributed by atoms with van der Waals surface area (Å²) in [4.78, 5) is 12.1. The first kappa shape index (κ1) is 18.1. The van der Waals surface area contributed by atoms with Crippen LogP contribution in [0.4, 0.5) is 4.79 Å². The predicted octanol–water partition coefficient (Wildman–Crippen LogP) is -2.02. The molecule has 1 amide bonds. The summed E-state index contributed by atoms with van der Waals surface area (Å²) < 4.78 is 0. The minimum absolute atomic E-state index is 0.0329. The lowest BCUT2D eigenvalue weighted by molar-refractivity contribution is 0.0994. The number of rotatable bonds is 11. The van der Waals surface area contributed by atoms with E-state index in [0.717, 1.165) is 11.3 Å². The van der Waals surface area contributed by atoms with Gasteiger partial charge in [0, 0.05) is 26.2 Å². The SMILES string of the molecule is NCC(O)CNCCCCN(CC(O)CN)C(=O)O. The fourth-order valence-corrected chi connectivity index (χ4v) is 1.50. The summed E-state index contributed by atoms with van der Waals surface area (Å²) in [6, 6.07) is 0. The van der Waals surface area contributed by atoms with Gasteiger partial charge in [0.2, 0.25) is 0 Å². The van der Waals surface area contributed by atoms with E-state index in [0.29, 0.717) is 26.1 Å². The Morgan fingerprint density at radius 2 is 1.79 bits per heavy atom. The molecule has 0 fully saturated rings. The highest BCUT2D eigenvalue weighted by Crippen LogP contribution is 1.98. The molecule has 8 nitrogen and oxygen atoms in total. The van der Waals surface area contributed by atoms with E-state index in [9.17, 15) is 15.0 Å². The van der Waals surface area contributed by atoms with Crippen molar-refractivity contribution in [1.82, 2.24) is 10.2 Å². The van der Waals surface area contributed by atoms with Crippen molar-refractivity contribution < 1.29 is 20.1 Å². The molecule has 0 saturated heterocycles. The van der Waals surface area contributed by atoms with Crippen molar-refractivity contribution in [2.75, 3.05) is 39.3 Å². The maximum atomic E-state index is 10.9. The monoisotopic (exact) mass is 278 g/mol. The molecule has 0 aromatic heterocycles. The Hall–Kier alpha value is -0.930. The quantitative estimate of drug-likeness (QED) is 0.239. The van der Waals surface area contributed by atoms with Crippen LogP contribution in [-0.4, -0.2) is 77.8 Å². The van der Waals surface area contributed by atoms with Gasteiger partial charge < -0.3 is 37.0 Å². The summed E-state index contributed by atoms with van der Waals surface area (Å²) in [6.45, 7) is 1.77. The molecule has 0 bridgehead atoms. The fourth-order valence-electron chi connectivity index (χ4n) is 1.50. The third-order valence-corrected chi connectivity index (χ3v) is 2.66. The Labute approximate surface area is 113 Å². The van der Waals surface area contributed by atoms with Gasteiger partial charge in [0.15, 0.2) is 0 Å². The molecule has 0 aromatic rings. The average molecular weight is 278 g/mol. The van der Waals surface area contributed by atoms with Gasteiger partial charge in [0.25, 0.3) is 0 Å². The van der Waals surface area contributed by atoms with Crippen LogP contribution in [0.2, 0.25) is 0 Å². The summed E-state index contributed by atoms with van der Waals surface area (Å²) in [6.07, 6.45) is -0.974. The standard InChI is InChI=1S/C11H26N4O4/c12-5-9(16)7-14-3-1-2-4-15(11(18)19)8-10(17)6-13/h9-10,14,16-17H,1-8,12-13H2,(H,18,19). The zero-order valence-electron chi connectivity index (χ0n) is 11.2. The number of amides is 1. The van der Waals surface area contributed by atoms with E-state index in [-0.39, 0.29) is 19.6 Å². The number of nitrogens with two attached hydrogens (primary N) is 2. The van der Waals surface area contributed by atoms with Gasteiger partial charge in [-0.25, -0.2) is 4.79 Å². The van der Waals surface area contributed by atoms with Gasteiger partial charge in [-0.2, -0.15) is 0 Å². The summed E-state index contributed by atoms with van der Waals surface area (Å²) in [7, 11) is 0. The molecule has 2 atom stereocenters. The van der Waals surface area contributed by atoms with Crippen molar-refractivity contribution >= 4 is 6.09 Å². The van der Waals surface area contributed by atoms with Crippen LogP contribution >= 0.6 is 0 Å². The van der Waals surface area contributed by atoms with E-state index < -0.39 is 18.3 Å². The Morgan fingerprint density at radius 1 is 1.16 bits per heavy atom. The van der Waals surface area contributed by atoms with Crippen LogP contribution in [0.25, 0.3) is 0 Å². The van der Waals surface area contributed by atoms with Crippen molar-refractivity contribution in [1.29, 1.82) is 0 Å². The number of carboxylic acid groups (broad SMARTS) is 1. The first-order valence-electron chi connectivity index (χ1n) is 6.46. The molecule has 0 radical (unpaired) electrons. The van der Waals surface area contributed by atoms with Crippen LogP contribution in [0, 0.1) is 0 Å². The maximum Gasteiger partial charge on any atom is 0.407 e. The predicted molar refractivity (Wildman–Crippen MR) is 71.8 cm³/mol. The normalized spacial score (nSPS) is 14.1. The Kier molecular flexibility index (Phi) is 10.4. The Morgan fingerprint density at radius 3 is 2.32 bits per heavy atom. The number of hydrogen-bond acceptors (Lipinski definition) is 6. The van der Waals surface area contributed by atoms with Crippen LogP contribution in [0.1, 0.15) is 12.8 Å². The van der Waals surface area contributed by atoms with Gasteiger partial charge in [-0.3, -0.25) is 0 Å². The number of aliphatic hydroxyl groups is 2. The van der Waals surface area contributed by atoms with Gasteiger partial charge in [-0.15, -0.1) is 0 Å². The van der Waals surface area contributed by atoms with Crippen molar-refractivity contribution in [2.45, 2.75) is 25.0 Å². The highest BCUT2D eigenvalue weighted by molar-refractivity contribution is 5.64. The number of unbranched alkanes of at least 4 members (excludes halogenated alkanes) is 1. The molecule has 0 aliphatic heterocycles. The molecule has 0 rings (SSSR count). The average Bonchev–Trinajstić information content (AvgIpc) is 2.40. The first-order valence-corrected chi connectivity index (χ1v) is 6.46. The summed E-state index contributed by atoms with van der Waals surface area (Å²) in [5, 5.41) is 30.5. The molecule has 114 valence electrons. The van der Waals surface area contributed by atoms with Crippen LogP contribution in [0.3, 0.4) is 0 Å². The minimum atomic E-state index is -1.06. The molecule has 0 saturated carbocycles. The van der Waals surface area contributed by atoms with Crippen molar-refractivity contribution in [3.05, 3.63) is 0 Å². The lowest BCUT2D eigenvalue weighted by atomic mass is 10.2.